The summed E-state index contributed by atoms with van der Waals surface area (Å²) in [7, 11) is 0. The first-order valence-corrected chi connectivity index (χ1v) is 8.26. The molecule has 0 aliphatic carbocycles. The molecule has 3 aromatic rings. The van der Waals surface area contributed by atoms with Crippen LogP contribution in [0.1, 0.15) is 22.8 Å². The van der Waals surface area contributed by atoms with Crippen LogP contribution in [0.15, 0.2) is 60.8 Å². The van der Waals surface area contributed by atoms with Crippen LogP contribution in [0.2, 0.25) is 0 Å². The quantitative estimate of drug-likeness (QED) is 0.636. The standard InChI is InChI=1S/C20H22N4O/c1-14-7-9-16(10-8-14)23-20-21-12-11-19(24-20)22-13-18(25)17-6-4-3-5-15(17)2/h3-12,18,25H,13H2,1-2H3,(H2,21,22,23,24). The second-order valence-electron chi connectivity index (χ2n) is 6.01. The lowest BCUT2D eigenvalue weighted by Gasteiger charge is -2.15. The molecule has 1 heterocycles. The summed E-state index contributed by atoms with van der Waals surface area (Å²) in [5.41, 5.74) is 4.12. The SMILES string of the molecule is Cc1ccc(Nc2nccc(NCC(O)c3ccccc3C)n2)cc1. The van der Waals surface area contributed by atoms with Gasteiger partial charge < -0.3 is 15.7 Å². The van der Waals surface area contributed by atoms with Crippen LogP contribution in [0.4, 0.5) is 17.5 Å². The zero-order valence-electron chi connectivity index (χ0n) is 14.4. The summed E-state index contributed by atoms with van der Waals surface area (Å²) in [6.07, 6.45) is 1.09. The van der Waals surface area contributed by atoms with Crippen LogP contribution in [0, 0.1) is 13.8 Å². The predicted octanol–water partition coefficient (Wildman–Crippen LogP) is 3.98. The first-order valence-electron chi connectivity index (χ1n) is 8.26. The van der Waals surface area contributed by atoms with Crippen molar-refractivity contribution in [3.05, 3.63) is 77.5 Å². The predicted molar refractivity (Wildman–Crippen MR) is 101 cm³/mol. The molecule has 5 heteroatoms. The van der Waals surface area contributed by atoms with Crippen molar-refractivity contribution in [2.45, 2.75) is 20.0 Å². The highest BCUT2D eigenvalue weighted by atomic mass is 16.3. The Labute approximate surface area is 147 Å². The van der Waals surface area contributed by atoms with Gasteiger partial charge in [-0.1, -0.05) is 42.0 Å². The van der Waals surface area contributed by atoms with Crippen molar-refractivity contribution < 1.29 is 5.11 Å². The molecule has 5 nitrogen and oxygen atoms in total. The summed E-state index contributed by atoms with van der Waals surface area (Å²) < 4.78 is 0. The van der Waals surface area contributed by atoms with E-state index >= 15 is 0 Å². The minimum Gasteiger partial charge on any atom is -0.387 e. The molecule has 25 heavy (non-hydrogen) atoms. The van der Waals surface area contributed by atoms with Crippen LogP contribution in [0.5, 0.6) is 0 Å². The first kappa shape index (κ1) is 16.9. The summed E-state index contributed by atoms with van der Waals surface area (Å²) in [4.78, 5) is 8.67. The molecule has 0 fully saturated rings. The maximum atomic E-state index is 10.4. The van der Waals surface area contributed by atoms with E-state index in [9.17, 15) is 5.11 Å². The van der Waals surface area contributed by atoms with Crippen molar-refractivity contribution in [2.24, 2.45) is 0 Å². The van der Waals surface area contributed by atoms with Gasteiger partial charge in [0.15, 0.2) is 0 Å². The minimum atomic E-state index is -0.593. The Hall–Kier alpha value is -2.92. The fraction of sp³-hybridized carbons (Fsp3) is 0.200. The molecule has 3 N–H and O–H groups in total. The van der Waals surface area contributed by atoms with Gasteiger partial charge in [0.2, 0.25) is 5.95 Å². The molecule has 0 bridgehead atoms. The molecule has 0 radical (unpaired) electrons. The number of rotatable bonds is 6. The molecule has 1 unspecified atom stereocenters. The molecule has 0 aliphatic rings. The van der Waals surface area contributed by atoms with Gasteiger partial charge in [0.25, 0.3) is 0 Å². The number of hydrogen-bond acceptors (Lipinski definition) is 5. The van der Waals surface area contributed by atoms with Crippen molar-refractivity contribution in [3.63, 3.8) is 0 Å². The average molecular weight is 334 g/mol. The largest absolute Gasteiger partial charge is 0.387 e. The van der Waals surface area contributed by atoms with Gasteiger partial charge in [-0.2, -0.15) is 4.98 Å². The van der Waals surface area contributed by atoms with E-state index in [2.05, 4.69) is 20.6 Å². The number of benzene rings is 2. The van der Waals surface area contributed by atoms with E-state index in [1.165, 1.54) is 5.56 Å². The number of aliphatic hydroxyl groups excluding tert-OH is 1. The van der Waals surface area contributed by atoms with Crippen LogP contribution >= 0.6 is 0 Å². The molecule has 0 spiro atoms. The molecule has 0 saturated heterocycles. The molecule has 3 rings (SSSR count). The highest BCUT2D eigenvalue weighted by molar-refractivity contribution is 5.55. The topological polar surface area (TPSA) is 70.1 Å². The van der Waals surface area contributed by atoms with Gasteiger partial charge >= 0.3 is 0 Å². The zero-order valence-corrected chi connectivity index (χ0v) is 14.4. The van der Waals surface area contributed by atoms with Crippen LogP contribution in [0.3, 0.4) is 0 Å². The third kappa shape index (κ3) is 4.55. The lowest BCUT2D eigenvalue weighted by atomic mass is 10.0. The van der Waals surface area contributed by atoms with E-state index in [4.69, 9.17) is 0 Å². The van der Waals surface area contributed by atoms with Gasteiger partial charge in [-0.05, 0) is 43.2 Å². The van der Waals surface area contributed by atoms with E-state index in [0.717, 1.165) is 16.8 Å². The Balaban J connectivity index is 1.63. The van der Waals surface area contributed by atoms with E-state index in [-0.39, 0.29) is 0 Å². The van der Waals surface area contributed by atoms with Crippen LogP contribution in [-0.4, -0.2) is 21.6 Å². The fourth-order valence-corrected chi connectivity index (χ4v) is 2.56. The average Bonchev–Trinajstić information content (AvgIpc) is 2.62. The number of aliphatic hydroxyl groups is 1. The Kier molecular flexibility index (Phi) is 5.26. The number of nitrogens with zero attached hydrogens (tertiary/aromatic N) is 2. The molecule has 2 aromatic carbocycles. The van der Waals surface area contributed by atoms with Crippen molar-refractivity contribution in [1.29, 1.82) is 0 Å². The summed E-state index contributed by atoms with van der Waals surface area (Å²) in [6.45, 7) is 4.42. The number of nitrogens with one attached hydrogen (secondary N) is 2. The molecule has 128 valence electrons. The molecule has 1 aromatic heterocycles. The Morgan fingerprint density at radius 2 is 1.76 bits per heavy atom. The lowest BCUT2D eigenvalue weighted by molar-refractivity contribution is 0.191. The van der Waals surface area contributed by atoms with Crippen LogP contribution in [-0.2, 0) is 0 Å². The number of anilines is 3. The minimum absolute atomic E-state index is 0.381. The normalized spacial score (nSPS) is 11.8. The molecule has 1 atom stereocenters. The summed E-state index contributed by atoms with van der Waals surface area (Å²) in [5.74, 6) is 1.18. The third-order valence-corrected chi connectivity index (χ3v) is 3.99. The van der Waals surface area contributed by atoms with Gasteiger partial charge in [0, 0.05) is 18.4 Å². The Bertz CT molecular complexity index is 833. The van der Waals surface area contributed by atoms with E-state index in [1.54, 1.807) is 12.3 Å². The third-order valence-electron chi connectivity index (χ3n) is 3.99. The monoisotopic (exact) mass is 334 g/mol. The van der Waals surface area contributed by atoms with Crippen LogP contribution < -0.4 is 10.6 Å². The zero-order chi connectivity index (χ0) is 17.6. The molecular formula is C20H22N4O. The number of hydrogen-bond donors (Lipinski definition) is 3. The molecule has 0 amide bonds. The smallest absolute Gasteiger partial charge is 0.229 e. The first-order chi connectivity index (χ1) is 12.1. The maximum absolute atomic E-state index is 10.4. The summed E-state index contributed by atoms with van der Waals surface area (Å²) >= 11 is 0. The van der Waals surface area contributed by atoms with Crippen molar-refractivity contribution >= 4 is 17.5 Å². The molecule has 0 aliphatic heterocycles. The van der Waals surface area contributed by atoms with Gasteiger partial charge in [-0.15, -0.1) is 0 Å². The van der Waals surface area contributed by atoms with Crippen molar-refractivity contribution in [1.82, 2.24) is 9.97 Å². The van der Waals surface area contributed by atoms with Gasteiger partial charge in [0.05, 0.1) is 6.10 Å². The number of aryl methyl sites for hydroxylation is 2. The fourth-order valence-electron chi connectivity index (χ4n) is 2.56. The van der Waals surface area contributed by atoms with Gasteiger partial charge in [-0.3, -0.25) is 0 Å². The highest BCUT2D eigenvalue weighted by Gasteiger charge is 2.10. The maximum Gasteiger partial charge on any atom is 0.229 e. The molecule has 0 saturated carbocycles. The van der Waals surface area contributed by atoms with E-state index in [0.29, 0.717) is 18.3 Å². The number of aromatic nitrogens is 2. The second-order valence-corrected chi connectivity index (χ2v) is 6.01. The second kappa shape index (κ2) is 7.77. The van der Waals surface area contributed by atoms with Gasteiger partial charge in [-0.25, -0.2) is 4.98 Å². The summed E-state index contributed by atoms with van der Waals surface area (Å²) in [6, 6.07) is 17.6. The van der Waals surface area contributed by atoms with Gasteiger partial charge in [0.1, 0.15) is 5.82 Å². The van der Waals surface area contributed by atoms with Crippen molar-refractivity contribution in [3.8, 4) is 0 Å². The van der Waals surface area contributed by atoms with E-state index < -0.39 is 6.10 Å². The van der Waals surface area contributed by atoms with Crippen molar-refractivity contribution in [2.75, 3.05) is 17.2 Å². The Morgan fingerprint density at radius 1 is 1.00 bits per heavy atom. The molecular weight excluding hydrogens is 312 g/mol. The lowest BCUT2D eigenvalue weighted by Crippen LogP contribution is -2.14. The highest BCUT2D eigenvalue weighted by Crippen LogP contribution is 2.19. The van der Waals surface area contributed by atoms with E-state index in [1.807, 2.05) is 62.4 Å². The Morgan fingerprint density at radius 3 is 2.52 bits per heavy atom. The van der Waals surface area contributed by atoms with Crippen LogP contribution in [0.25, 0.3) is 0 Å². The summed E-state index contributed by atoms with van der Waals surface area (Å²) in [5, 5.41) is 16.7.